The number of benzene rings is 2. The first-order valence-electron chi connectivity index (χ1n) is 10.2. The molecule has 35 heavy (non-hydrogen) atoms. The SMILES string of the molecule is COC(=O)C1=C(C)N=c2s/c(=C\c3cc(I)c(OC)c(I)c3)c(=O)n2[C@@H]1c1cc(Cl)ccc1OC. The summed E-state index contributed by atoms with van der Waals surface area (Å²) in [6.45, 7) is 1.72. The Labute approximate surface area is 237 Å². The molecule has 2 heterocycles. The molecule has 0 amide bonds. The van der Waals surface area contributed by atoms with Gasteiger partial charge in [0.15, 0.2) is 4.80 Å². The Kier molecular flexibility index (Phi) is 7.93. The Balaban J connectivity index is 2.01. The Morgan fingerprint density at radius 2 is 1.83 bits per heavy atom. The highest BCUT2D eigenvalue weighted by Gasteiger charge is 2.35. The van der Waals surface area contributed by atoms with E-state index < -0.39 is 12.0 Å². The third-order valence-electron chi connectivity index (χ3n) is 5.44. The van der Waals surface area contributed by atoms with E-state index in [-0.39, 0.29) is 11.1 Å². The number of esters is 1. The molecule has 7 nitrogen and oxygen atoms in total. The first-order valence-corrected chi connectivity index (χ1v) is 13.5. The molecule has 4 rings (SSSR count). The topological polar surface area (TPSA) is 79.1 Å². The maximum absolute atomic E-state index is 13.7. The summed E-state index contributed by atoms with van der Waals surface area (Å²) in [5.41, 5.74) is 1.85. The van der Waals surface area contributed by atoms with E-state index in [9.17, 15) is 9.59 Å². The highest BCUT2D eigenvalue weighted by molar-refractivity contribution is 14.1. The molecule has 0 bridgehead atoms. The predicted molar refractivity (Wildman–Crippen MR) is 152 cm³/mol. The average Bonchev–Trinajstić information content (AvgIpc) is 3.11. The van der Waals surface area contributed by atoms with E-state index in [2.05, 4.69) is 50.2 Å². The molecule has 0 saturated heterocycles. The second-order valence-electron chi connectivity index (χ2n) is 7.48. The van der Waals surface area contributed by atoms with Crippen LogP contribution in [0.4, 0.5) is 0 Å². The molecule has 2 aromatic carbocycles. The van der Waals surface area contributed by atoms with Gasteiger partial charge in [-0.05, 0) is 94.1 Å². The number of carbonyl (C=O) groups excluding carboxylic acids is 1. The van der Waals surface area contributed by atoms with Crippen molar-refractivity contribution < 1.29 is 19.0 Å². The van der Waals surface area contributed by atoms with Gasteiger partial charge in [-0.15, -0.1) is 0 Å². The first-order chi connectivity index (χ1) is 16.7. The Morgan fingerprint density at radius 3 is 2.43 bits per heavy atom. The van der Waals surface area contributed by atoms with Gasteiger partial charge in [-0.3, -0.25) is 9.36 Å². The molecule has 0 saturated carbocycles. The van der Waals surface area contributed by atoms with Crippen molar-refractivity contribution in [2.24, 2.45) is 4.99 Å². The molecule has 182 valence electrons. The molecular weight excluding hydrogens is 718 g/mol. The fourth-order valence-corrected chi connectivity index (χ4v) is 7.40. The third-order valence-corrected chi connectivity index (χ3v) is 8.26. The normalized spacial score (nSPS) is 15.5. The van der Waals surface area contributed by atoms with Gasteiger partial charge in [0.1, 0.15) is 17.5 Å². The molecule has 0 unspecified atom stereocenters. The summed E-state index contributed by atoms with van der Waals surface area (Å²) >= 11 is 12.0. The van der Waals surface area contributed by atoms with E-state index in [1.54, 1.807) is 32.2 Å². The van der Waals surface area contributed by atoms with Crippen molar-refractivity contribution in [3.63, 3.8) is 0 Å². The maximum atomic E-state index is 13.7. The van der Waals surface area contributed by atoms with Crippen LogP contribution in [0.2, 0.25) is 5.02 Å². The Bertz CT molecular complexity index is 1540. The zero-order valence-corrected chi connectivity index (χ0v) is 24.9. The fourth-order valence-electron chi connectivity index (χ4n) is 3.91. The van der Waals surface area contributed by atoms with Crippen LogP contribution in [0.1, 0.15) is 24.1 Å². The summed E-state index contributed by atoms with van der Waals surface area (Å²) in [6, 6.07) is 8.17. The largest absolute Gasteiger partial charge is 0.496 e. The zero-order valence-electron chi connectivity index (χ0n) is 19.0. The maximum Gasteiger partial charge on any atom is 0.338 e. The van der Waals surface area contributed by atoms with Crippen LogP contribution >= 0.6 is 68.1 Å². The molecule has 1 atom stereocenters. The number of aromatic nitrogens is 1. The highest BCUT2D eigenvalue weighted by atomic mass is 127. The number of rotatable bonds is 5. The molecular formula is C24H19ClI2N2O5S. The summed E-state index contributed by atoms with van der Waals surface area (Å²) in [7, 11) is 4.45. The van der Waals surface area contributed by atoms with Crippen LogP contribution in [0.5, 0.6) is 11.5 Å². The van der Waals surface area contributed by atoms with Gasteiger partial charge in [0, 0.05) is 10.6 Å². The second kappa shape index (κ2) is 10.6. The van der Waals surface area contributed by atoms with Crippen molar-refractivity contribution in [1.82, 2.24) is 4.57 Å². The van der Waals surface area contributed by atoms with Gasteiger partial charge in [-0.1, -0.05) is 22.9 Å². The van der Waals surface area contributed by atoms with E-state index in [1.807, 2.05) is 18.2 Å². The summed E-state index contributed by atoms with van der Waals surface area (Å²) in [5.74, 6) is 0.701. The van der Waals surface area contributed by atoms with Crippen LogP contribution in [0, 0.1) is 7.14 Å². The Hall–Kier alpha value is -1.90. The zero-order chi connectivity index (χ0) is 25.4. The standard InChI is InChI=1S/C24H19ClI2N2O5S/c1-11-19(23(31)34-4)20(14-10-13(25)5-6-17(14)32-2)29-22(30)18(35-24(29)28-11)9-12-7-15(26)21(33-3)16(27)8-12/h5-10,20H,1-4H3/b18-9-/t20-/m1/s1. The predicted octanol–water partition coefficient (Wildman–Crippen LogP) is 4.29. The van der Waals surface area contributed by atoms with Gasteiger partial charge in [0.25, 0.3) is 5.56 Å². The van der Waals surface area contributed by atoms with E-state index in [4.69, 9.17) is 25.8 Å². The molecule has 0 N–H and O–H groups in total. The van der Waals surface area contributed by atoms with Gasteiger partial charge < -0.3 is 14.2 Å². The van der Waals surface area contributed by atoms with E-state index in [0.717, 1.165) is 18.5 Å². The molecule has 0 radical (unpaired) electrons. The van der Waals surface area contributed by atoms with Gasteiger partial charge in [0.05, 0.1) is 44.3 Å². The molecule has 0 fully saturated rings. The Morgan fingerprint density at radius 1 is 1.14 bits per heavy atom. The molecule has 1 aromatic heterocycles. The first kappa shape index (κ1) is 26.2. The number of hydrogen-bond donors (Lipinski definition) is 0. The summed E-state index contributed by atoms with van der Waals surface area (Å²) < 4.78 is 19.9. The molecule has 3 aromatic rings. The van der Waals surface area contributed by atoms with Crippen LogP contribution < -0.4 is 24.4 Å². The van der Waals surface area contributed by atoms with Crippen LogP contribution in [-0.4, -0.2) is 31.9 Å². The van der Waals surface area contributed by atoms with E-state index in [1.165, 1.54) is 30.1 Å². The lowest BCUT2D eigenvalue weighted by molar-refractivity contribution is -0.136. The summed E-state index contributed by atoms with van der Waals surface area (Å²) in [4.78, 5) is 31.6. The lowest BCUT2D eigenvalue weighted by atomic mass is 9.95. The van der Waals surface area contributed by atoms with Crippen LogP contribution in [0.15, 0.2) is 51.4 Å². The van der Waals surface area contributed by atoms with Crippen molar-refractivity contribution >= 4 is 80.2 Å². The van der Waals surface area contributed by atoms with Crippen LogP contribution in [-0.2, 0) is 9.53 Å². The van der Waals surface area contributed by atoms with Gasteiger partial charge in [-0.25, -0.2) is 9.79 Å². The van der Waals surface area contributed by atoms with Crippen LogP contribution in [0.3, 0.4) is 0 Å². The number of thiazole rings is 1. The lowest BCUT2D eigenvalue weighted by Gasteiger charge is -2.25. The van der Waals surface area contributed by atoms with Crippen molar-refractivity contribution in [3.05, 3.63) is 84.6 Å². The van der Waals surface area contributed by atoms with E-state index in [0.29, 0.717) is 31.4 Å². The molecule has 11 heteroatoms. The van der Waals surface area contributed by atoms with Crippen molar-refractivity contribution in [2.45, 2.75) is 13.0 Å². The number of nitrogens with zero attached hydrogens (tertiary/aromatic N) is 2. The average molecular weight is 737 g/mol. The van der Waals surface area contributed by atoms with Crippen molar-refractivity contribution in [1.29, 1.82) is 0 Å². The quantitative estimate of drug-likeness (QED) is 0.289. The van der Waals surface area contributed by atoms with Gasteiger partial charge in [0.2, 0.25) is 0 Å². The minimum Gasteiger partial charge on any atom is -0.496 e. The minimum absolute atomic E-state index is 0.251. The van der Waals surface area contributed by atoms with Crippen molar-refractivity contribution in [2.75, 3.05) is 21.3 Å². The molecule has 1 aliphatic rings. The molecule has 0 aliphatic carbocycles. The number of methoxy groups -OCH3 is 3. The smallest absolute Gasteiger partial charge is 0.338 e. The van der Waals surface area contributed by atoms with Crippen LogP contribution in [0.25, 0.3) is 6.08 Å². The van der Waals surface area contributed by atoms with Gasteiger partial charge in [-0.2, -0.15) is 0 Å². The third kappa shape index (κ3) is 4.89. The highest BCUT2D eigenvalue weighted by Crippen LogP contribution is 2.37. The summed E-state index contributed by atoms with van der Waals surface area (Å²) in [6.07, 6.45) is 1.82. The van der Waals surface area contributed by atoms with Gasteiger partial charge >= 0.3 is 5.97 Å². The molecule has 0 spiro atoms. The summed E-state index contributed by atoms with van der Waals surface area (Å²) in [5, 5.41) is 0.448. The minimum atomic E-state index is -0.814. The number of fused-ring (bicyclic) bond motifs is 1. The van der Waals surface area contributed by atoms with E-state index >= 15 is 0 Å². The second-order valence-corrected chi connectivity index (χ2v) is 11.2. The fraction of sp³-hybridized carbons (Fsp3) is 0.208. The number of allylic oxidation sites excluding steroid dienone is 1. The number of hydrogen-bond acceptors (Lipinski definition) is 7. The molecule has 1 aliphatic heterocycles. The monoisotopic (exact) mass is 736 g/mol. The number of halogens is 3. The number of carbonyl (C=O) groups is 1. The number of ether oxygens (including phenoxy) is 3. The van der Waals surface area contributed by atoms with Crippen molar-refractivity contribution in [3.8, 4) is 11.5 Å². The lowest BCUT2D eigenvalue weighted by Crippen LogP contribution is -2.40.